The van der Waals surface area contributed by atoms with Crippen molar-refractivity contribution < 1.29 is 4.79 Å². The number of halogens is 1. The molecule has 2 nitrogen and oxygen atoms in total. The van der Waals surface area contributed by atoms with Crippen LogP contribution in [0.3, 0.4) is 0 Å². The van der Waals surface area contributed by atoms with Crippen molar-refractivity contribution in [2.45, 2.75) is 52.9 Å². The SMILES string of the molecule is CC(C)(CCl)CNC(=O)C1(C)CCCCC1. The molecule has 0 spiro atoms. The van der Waals surface area contributed by atoms with Crippen molar-refractivity contribution in [2.24, 2.45) is 10.8 Å². The van der Waals surface area contributed by atoms with Crippen molar-refractivity contribution in [3.63, 3.8) is 0 Å². The minimum Gasteiger partial charge on any atom is -0.355 e. The molecule has 0 aromatic rings. The van der Waals surface area contributed by atoms with E-state index in [1.807, 2.05) is 0 Å². The summed E-state index contributed by atoms with van der Waals surface area (Å²) in [6.45, 7) is 6.91. The fraction of sp³-hybridized carbons (Fsp3) is 0.923. The Balaban J connectivity index is 2.45. The van der Waals surface area contributed by atoms with Gasteiger partial charge in [0.2, 0.25) is 5.91 Å². The number of hydrogen-bond donors (Lipinski definition) is 1. The van der Waals surface area contributed by atoms with E-state index in [0.717, 1.165) is 12.8 Å². The van der Waals surface area contributed by atoms with Crippen molar-refractivity contribution in [1.82, 2.24) is 5.32 Å². The van der Waals surface area contributed by atoms with Crippen LogP contribution >= 0.6 is 11.6 Å². The molecule has 0 unspecified atom stereocenters. The third-order valence-electron chi connectivity index (χ3n) is 3.59. The highest BCUT2D eigenvalue weighted by Gasteiger charge is 2.34. The zero-order valence-electron chi connectivity index (χ0n) is 10.7. The Kier molecular flexibility index (Phi) is 4.66. The predicted octanol–water partition coefficient (Wildman–Crippen LogP) is 3.34. The molecule has 0 radical (unpaired) electrons. The van der Waals surface area contributed by atoms with Crippen LogP contribution in [0.2, 0.25) is 0 Å². The van der Waals surface area contributed by atoms with Gasteiger partial charge >= 0.3 is 0 Å². The molecule has 1 aliphatic rings. The van der Waals surface area contributed by atoms with Gasteiger partial charge in [0.1, 0.15) is 0 Å². The van der Waals surface area contributed by atoms with Crippen molar-refractivity contribution in [1.29, 1.82) is 0 Å². The van der Waals surface area contributed by atoms with Crippen LogP contribution < -0.4 is 5.32 Å². The number of alkyl halides is 1. The molecule has 0 saturated heterocycles. The molecule has 0 aromatic heterocycles. The Morgan fingerprint density at radius 2 is 1.88 bits per heavy atom. The Bertz CT molecular complexity index is 244. The van der Waals surface area contributed by atoms with Gasteiger partial charge in [-0.2, -0.15) is 0 Å². The Hall–Kier alpha value is -0.240. The van der Waals surface area contributed by atoms with E-state index in [0.29, 0.717) is 12.4 Å². The highest BCUT2D eigenvalue weighted by Crippen LogP contribution is 2.36. The number of carbonyl (C=O) groups excluding carboxylic acids is 1. The Morgan fingerprint density at radius 1 is 1.31 bits per heavy atom. The standard InChI is InChI=1S/C13H24ClNO/c1-12(2,9-14)10-15-11(16)13(3)7-5-4-6-8-13/h4-10H2,1-3H3,(H,15,16). The number of amides is 1. The summed E-state index contributed by atoms with van der Waals surface area (Å²) in [5.41, 5.74) is -0.150. The Labute approximate surface area is 104 Å². The van der Waals surface area contributed by atoms with Gasteiger partial charge in [-0.25, -0.2) is 0 Å². The third kappa shape index (κ3) is 3.65. The van der Waals surface area contributed by atoms with E-state index in [1.165, 1.54) is 19.3 Å². The van der Waals surface area contributed by atoms with Gasteiger partial charge in [0.05, 0.1) is 0 Å². The average molecular weight is 246 g/mol. The maximum Gasteiger partial charge on any atom is 0.225 e. The lowest BCUT2D eigenvalue weighted by atomic mass is 9.75. The smallest absolute Gasteiger partial charge is 0.225 e. The molecule has 0 bridgehead atoms. The fourth-order valence-electron chi connectivity index (χ4n) is 2.14. The zero-order valence-corrected chi connectivity index (χ0v) is 11.5. The van der Waals surface area contributed by atoms with Crippen LogP contribution in [0.25, 0.3) is 0 Å². The van der Waals surface area contributed by atoms with Crippen LogP contribution in [0.1, 0.15) is 52.9 Å². The second-order valence-corrected chi connectivity index (χ2v) is 6.37. The van der Waals surface area contributed by atoms with Gasteiger partial charge in [-0.05, 0) is 18.3 Å². The van der Waals surface area contributed by atoms with E-state index in [2.05, 4.69) is 26.1 Å². The molecule has 3 heteroatoms. The first-order valence-corrected chi connectivity index (χ1v) is 6.77. The van der Waals surface area contributed by atoms with Gasteiger partial charge in [-0.3, -0.25) is 4.79 Å². The molecular formula is C13H24ClNO. The molecule has 94 valence electrons. The summed E-state index contributed by atoms with van der Waals surface area (Å²) in [6.07, 6.45) is 5.70. The van der Waals surface area contributed by atoms with Crippen molar-refractivity contribution in [3.8, 4) is 0 Å². The van der Waals surface area contributed by atoms with E-state index >= 15 is 0 Å². The summed E-state index contributed by atoms with van der Waals surface area (Å²) >= 11 is 5.85. The molecule has 1 N–H and O–H groups in total. The quantitative estimate of drug-likeness (QED) is 0.757. The van der Waals surface area contributed by atoms with E-state index < -0.39 is 0 Å². The van der Waals surface area contributed by atoms with Gasteiger partial charge in [0.15, 0.2) is 0 Å². The molecule has 16 heavy (non-hydrogen) atoms. The predicted molar refractivity (Wildman–Crippen MR) is 68.7 cm³/mol. The summed E-state index contributed by atoms with van der Waals surface area (Å²) in [5, 5.41) is 3.06. The fourth-order valence-corrected chi connectivity index (χ4v) is 2.23. The van der Waals surface area contributed by atoms with Gasteiger partial charge in [0.25, 0.3) is 0 Å². The lowest BCUT2D eigenvalue weighted by molar-refractivity contribution is -0.132. The summed E-state index contributed by atoms with van der Waals surface area (Å²) in [6, 6.07) is 0. The number of hydrogen-bond acceptors (Lipinski definition) is 1. The molecule has 1 amide bonds. The molecule has 0 heterocycles. The van der Waals surface area contributed by atoms with Crippen molar-refractivity contribution >= 4 is 17.5 Å². The van der Waals surface area contributed by atoms with Crippen molar-refractivity contribution in [2.75, 3.05) is 12.4 Å². The van der Waals surface area contributed by atoms with Gasteiger partial charge in [0, 0.05) is 17.8 Å². The maximum absolute atomic E-state index is 12.1. The largest absolute Gasteiger partial charge is 0.355 e. The summed E-state index contributed by atoms with van der Waals surface area (Å²) in [7, 11) is 0. The summed E-state index contributed by atoms with van der Waals surface area (Å²) in [5.74, 6) is 0.787. The summed E-state index contributed by atoms with van der Waals surface area (Å²) in [4.78, 5) is 12.1. The van der Waals surface area contributed by atoms with E-state index in [4.69, 9.17) is 11.6 Å². The third-order valence-corrected chi connectivity index (χ3v) is 4.32. The highest BCUT2D eigenvalue weighted by atomic mass is 35.5. The molecule has 1 aliphatic carbocycles. The number of nitrogens with one attached hydrogen (secondary N) is 1. The minimum atomic E-state index is -0.138. The van der Waals surface area contributed by atoms with Gasteiger partial charge in [-0.1, -0.05) is 40.0 Å². The van der Waals surface area contributed by atoms with Crippen LogP contribution in [0.15, 0.2) is 0 Å². The van der Waals surface area contributed by atoms with Crippen LogP contribution in [0, 0.1) is 10.8 Å². The molecule has 0 aromatic carbocycles. The first kappa shape index (κ1) is 13.8. The normalized spacial score (nSPS) is 20.5. The minimum absolute atomic E-state index is 0.0117. The second kappa shape index (κ2) is 5.39. The lowest BCUT2D eigenvalue weighted by Gasteiger charge is -2.33. The van der Waals surface area contributed by atoms with Crippen LogP contribution in [-0.4, -0.2) is 18.3 Å². The highest BCUT2D eigenvalue weighted by molar-refractivity contribution is 6.18. The molecule has 1 fully saturated rings. The average Bonchev–Trinajstić information content (AvgIpc) is 2.27. The van der Waals surface area contributed by atoms with Gasteiger partial charge < -0.3 is 5.32 Å². The number of rotatable bonds is 4. The monoisotopic (exact) mass is 245 g/mol. The summed E-state index contributed by atoms with van der Waals surface area (Å²) < 4.78 is 0. The van der Waals surface area contributed by atoms with Crippen molar-refractivity contribution in [3.05, 3.63) is 0 Å². The first-order valence-electron chi connectivity index (χ1n) is 6.24. The van der Waals surface area contributed by atoms with Crippen LogP contribution in [-0.2, 0) is 4.79 Å². The van der Waals surface area contributed by atoms with E-state index in [1.54, 1.807) is 0 Å². The van der Waals surface area contributed by atoms with Crippen LogP contribution in [0.4, 0.5) is 0 Å². The molecule has 1 rings (SSSR count). The first-order chi connectivity index (χ1) is 7.40. The zero-order chi connectivity index (χ0) is 12.2. The topological polar surface area (TPSA) is 29.1 Å². The number of carbonyl (C=O) groups is 1. The lowest BCUT2D eigenvalue weighted by Crippen LogP contribution is -2.44. The van der Waals surface area contributed by atoms with E-state index in [9.17, 15) is 4.79 Å². The van der Waals surface area contributed by atoms with E-state index in [-0.39, 0.29) is 16.7 Å². The molecule has 0 atom stereocenters. The molecule has 1 saturated carbocycles. The maximum atomic E-state index is 12.1. The Morgan fingerprint density at radius 3 is 2.38 bits per heavy atom. The second-order valence-electron chi connectivity index (χ2n) is 6.10. The molecule has 0 aliphatic heterocycles. The van der Waals surface area contributed by atoms with Gasteiger partial charge in [-0.15, -0.1) is 11.6 Å². The van der Waals surface area contributed by atoms with Crippen LogP contribution in [0.5, 0.6) is 0 Å². The molecular weight excluding hydrogens is 222 g/mol.